The molecule has 0 aromatic carbocycles. The van der Waals surface area contributed by atoms with Gasteiger partial charge in [0.2, 0.25) is 11.8 Å². The van der Waals surface area contributed by atoms with Gasteiger partial charge in [-0.2, -0.15) is 0 Å². The maximum absolute atomic E-state index is 13.1. The minimum Gasteiger partial charge on any atom is -0.372 e. The van der Waals surface area contributed by atoms with Crippen molar-refractivity contribution < 1.29 is 14.3 Å². The number of hydrogen-bond donors (Lipinski definition) is 0. The van der Waals surface area contributed by atoms with Crippen molar-refractivity contribution in [1.82, 2.24) is 14.8 Å². The summed E-state index contributed by atoms with van der Waals surface area (Å²) in [7, 11) is 0. The van der Waals surface area contributed by atoms with E-state index in [-0.39, 0.29) is 23.8 Å². The Morgan fingerprint density at radius 3 is 2.72 bits per heavy atom. The lowest BCUT2D eigenvalue weighted by Gasteiger charge is -2.27. The van der Waals surface area contributed by atoms with Crippen molar-refractivity contribution in [3.63, 3.8) is 0 Å². The van der Waals surface area contributed by atoms with Crippen molar-refractivity contribution in [2.75, 3.05) is 32.8 Å². The molecule has 1 spiro atoms. The molecule has 1 atom stereocenters. The number of carbonyl (C=O) groups is 2. The highest BCUT2D eigenvalue weighted by molar-refractivity contribution is 5.85. The van der Waals surface area contributed by atoms with Gasteiger partial charge in [-0.15, -0.1) is 0 Å². The maximum atomic E-state index is 13.1. The smallest absolute Gasteiger partial charge is 0.248 e. The van der Waals surface area contributed by atoms with Gasteiger partial charge in [-0.25, -0.2) is 0 Å². The SMILES string of the molecule is CCOCC(=O)N1CCC[C@]2(CC1)CCN(Cc1ccncc1)C2=O. The standard InChI is InChI=1S/C19H27N3O3/c1-2-25-15-17(23)21-11-3-6-19(7-12-21)8-13-22(18(19)24)14-16-4-9-20-10-5-16/h4-5,9-10H,2-3,6-8,11-15H2,1H3/t19-/m0/s1. The van der Waals surface area contributed by atoms with E-state index in [1.54, 1.807) is 12.4 Å². The second kappa shape index (κ2) is 7.95. The lowest BCUT2D eigenvalue weighted by molar-refractivity contribution is -0.139. The lowest BCUT2D eigenvalue weighted by atomic mass is 9.79. The predicted molar refractivity (Wildman–Crippen MR) is 93.6 cm³/mol. The first kappa shape index (κ1) is 17.9. The average Bonchev–Trinajstić information content (AvgIpc) is 2.82. The highest BCUT2D eigenvalue weighted by Gasteiger charge is 2.47. The molecule has 25 heavy (non-hydrogen) atoms. The molecule has 136 valence electrons. The molecular formula is C19H27N3O3. The van der Waals surface area contributed by atoms with E-state index in [0.29, 0.717) is 19.7 Å². The van der Waals surface area contributed by atoms with Crippen molar-refractivity contribution in [2.24, 2.45) is 5.41 Å². The van der Waals surface area contributed by atoms with E-state index in [1.807, 2.05) is 28.9 Å². The van der Waals surface area contributed by atoms with Crippen molar-refractivity contribution in [3.8, 4) is 0 Å². The fourth-order valence-corrected chi connectivity index (χ4v) is 3.94. The molecule has 0 unspecified atom stereocenters. The average molecular weight is 345 g/mol. The second-order valence-electron chi connectivity index (χ2n) is 6.98. The molecule has 3 rings (SSSR count). The number of pyridine rings is 1. The topological polar surface area (TPSA) is 62.7 Å². The molecule has 1 aromatic heterocycles. The fraction of sp³-hybridized carbons (Fsp3) is 0.632. The van der Waals surface area contributed by atoms with Crippen LogP contribution in [-0.2, 0) is 20.9 Å². The highest BCUT2D eigenvalue weighted by Crippen LogP contribution is 2.42. The summed E-state index contributed by atoms with van der Waals surface area (Å²) in [6.45, 7) is 5.41. The zero-order valence-electron chi connectivity index (χ0n) is 14.9. The third-order valence-corrected chi connectivity index (χ3v) is 5.45. The van der Waals surface area contributed by atoms with Gasteiger partial charge in [0.05, 0.1) is 5.41 Å². The van der Waals surface area contributed by atoms with Crippen LogP contribution in [0.5, 0.6) is 0 Å². The molecule has 2 fully saturated rings. The van der Waals surface area contributed by atoms with Crippen LogP contribution >= 0.6 is 0 Å². The van der Waals surface area contributed by atoms with Gasteiger partial charge >= 0.3 is 0 Å². The number of carbonyl (C=O) groups excluding carboxylic acids is 2. The van der Waals surface area contributed by atoms with Crippen LogP contribution in [0.1, 0.15) is 38.2 Å². The number of likely N-dealkylation sites (tertiary alicyclic amines) is 2. The molecule has 6 nitrogen and oxygen atoms in total. The summed E-state index contributed by atoms with van der Waals surface area (Å²) in [4.78, 5) is 33.1. The largest absolute Gasteiger partial charge is 0.372 e. The van der Waals surface area contributed by atoms with E-state index in [2.05, 4.69) is 4.98 Å². The molecule has 2 amide bonds. The third kappa shape index (κ3) is 4.00. The third-order valence-electron chi connectivity index (χ3n) is 5.45. The van der Waals surface area contributed by atoms with Crippen LogP contribution < -0.4 is 0 Å². The zero-order chi connectivity index (χ0) is 17.7. The Bertz CT molecular complexity index is 607. The first-order chi connectivity index (χ1) is 12.1. The lowest BCUT2D eigenvalue weighted by Crippen LogP contribution is -2.37. The van der Waals surface area contributed by atoms with Gasteiger partial charge in [0, 0.05) is 45.2 Å². The van der Waals surface area contributed by atoms with Gasteiger partial charge in [0.25, 0.3) is 0 Å². The minimum atomic E-state index is -0.284. The Morgan fingerprint density at radius 1 is 1.20 bits per heavy atom. The van der Waals surface area contributed by atoms with E-state index in [9.17, 15) is 9.59 Å². The van der Waals surface area contributed by atoms with E-state index in [0.717, 1.165) is 44.3 Å². The number of amides is 2. The van der Waals surface area contributed by atoms with Crippen LogP contribution in [0.15, 0.2) is 24.5 Å². The fourth-order valence-electron chi connectivity index (χ4n) is 3.94. The quantitative estimate of drug-likeness (QED) is 0.817. The number of hydrogen-bond acceptors (Lipinski definition) is 4. The van der Waals surface area contributed by atoms with Crippen LogP contribution in [0, 0.1) is 5.41 Å². The summed E-state index contributed by atoms with van der Waals surface area (Å²) in [5.41, 5.74) is 0.829. The molecular weight excluding hydrogens is 318 g/mol. The van der Waals surface area contributed by atoms with Gasteiger partial charge in [0.15, 0.2) is 0 Å². The zero-order valence-corrected chi connectivity index (χ0v) is 14.9. The summed E-state index contributed by atoms with van der Waals surface area (Å²) in [6.07, 6.45) is 6.93. The summed E-state index contributed by atoms with van der Waals surface area (Å²) >= 11 is 0. The Morgan fingerprint density at radius 2 is 1.96 bits per heavy atom. The Hall–Kier alpha value is -1.95. The van der Waals surface area contributed by atoms with Crippen molar-refractivity contribution in [2.45, 2.75) is 39.2 Å². The molecule has 1 aromatic rings. The molecule has 2 aliphatic heterocycles. The molecule has 2 aliphatic rings. The van der Waals surface area contributed by atoms with E-state index in [4.69, 9.17) is 4.74 Å². The van der Waals surface area contributed by atoms with Crippen molar-refractivity contribution in [3.05, 3.63) is 30.1 Å². The van der Waals surface area contributed by atoms with Crippen LogP contribution in [0.25, 0.3) is 0 Å². The summed E-state index contributed by atoms with van der Waals surface area (Å²) in [5.74, 6) is 0.293. The normalized spacial score (nSPS) is 24.0. The van der Waals surface area contributed by atoms with E-state index in [1.165, 1.54) is 0 Å². The van der Waals surface area contributed by atoms with Crippen LogP contribution in [0.4, 0.5) is 0 Å². The molecule has 0 bridgehead atoms. The molecule has 0 N–H and O–H groups in total. The van der Waals surface area contributed by atoms with Gasteiger partial charge in [-0.3, -0.25) is 14.6 Å². The molecule has 0 radical (unpaired) electrons. The number of ether oxygens (including phenoxy) is 1. The van der Waals surface area contributed by atoms with Gasteiger partial charge in [-0.05, 0) is 50.3 Å². The molecule has 0 aliphatic carbocycles. The monoisotopic (exact) mass is 345 g/mol. The number of aromatic nitrogens is 1. The van der Waals surface area contributed by atoms with E-state index >= 15 is 0 Å². The van der Waals surface area contributed by atoms with E-state index < -0.39 is 0 Å². The minimum absolute atomic E-state index is 0.0398. The molecule has 2 saturated heterocycles. The van der Waals surface area contributed by atoms with Gasteiger partial charge in [0.1, 0.15) is 6.61 Å². The summed E-state index contributed by atoms with van der Waals surface area (Å²) < 4.78 is 5.24. The highest BCUT2D eigenvalue weighted by atomic mass is 16.5. The first-order valence-corrected chi connectivity index (χ1v) is 9.18. The van der Waals surface area contributed by atoms with Crippen LogP contribution in [0.3, 0.4) is 0 Å². The number of nitrogens with zero attached hydrogens (tertiary/aromatic N) is 3. The maximum Gasteiger partial charge on any atom is 0.248 e. The Kier molecular flexibility index (Phi) is 5.68. The molecule has 6 heteroatoms. The first-order valence-electron chi connectivity index (χ1n) is 9.18. The predicted octanol–water partition coefficient (Wildman–Crippen LogP) is 1.85. The Labute approximate surface area is 149 Å². The van der Waals surface area contributed by atoms with Gasteiger partial charge < -0.3 is 14.5 Å². The molecule has 0 saturated carbocycles. The second-order valence-corrected chi connectivity index (χ2v) is 6.98. The van der Waals surface area contributed by atoms with Crippen molar-refractivity contribution in [1.29, 1.82) is 0 Å². The number of rotatable bonds is 5. The Balaban J connectivity index is 1.61. The molecule has 3 heterocycles. The van der Waals surface area contributed by atoms with Gasteiger partial charge in [-0.1, -0.05) is 0 Å². The van der Waals surface area contributed by atoms with Crippen molar-refractivity contribution >= 4 is 11.8 Å². The summed E-state index contributed by atoms with van der Waals surface area (Å²) in [6, 6.07) is 3.92. The van der Waals surface area contributed by atoms with Crippen LogP contribution in [0.2, 0.25) is 0 Å². The van der Waals surface area contributed by atoms with Crippen LogP contribution in [-0.4, -0.2) is 59.4 Å². The summed E-state index contributed by atoms with van der Waals surface area (Å²) in [5, 5.41) is 0.